The first-order valence-electron chi connectivity index (χ1n) is 9.43. The average Bonchev–Trinajstić information content (AvgIpc) is 3.12. The molecule has 1 aliphatic heterocycles. The maximum absolute atomic E-state index is 9.52. The molecule has 1 aromatic heterocycles. The number of nitrogens with zero attached hydrogens (tertiary/aromatic N) is 4. The fourth-order valence-corrected chi connectivity index (χ4v) is 3.66. The van der Waals surface area contributed by atoms with Crippen molar-refractivity contribution >= 4 is 0 Å². The van der Waals surface area contributed by atoms with Crippen molar-refractivity contribution in [3.63, 3.8) is 0 Å². The number of rotatable bonds is 8. The number of aliphatic hydroxyl groups is 1. The first-order chi connectivity index (χ1) is 12.7. The summed E-state index contributed by atoms with van der Waals surface area (Å²) < 4.78 is 7.31. The van der Waals surface area contributed by atoms with Crippen LogP contribution in [0.1, 0.15) is 24.5 Å². The van der Waals surface area contributed by atoms with Gasteiger partial charge in [0.25, 0.3) is 0 Å². The van der Waals surface area contributed by atoms with Crippen LogP contribution < -0.4 is 4.74 Å². The summed E-state index contributed by atoms with van der Waals surface area (Å²) in [6, 6.07) is 8.62. The number of hydrogen-bond donors (Lipinski definition) is 1. The maximum atomic E-state index is 9.52. The summed E-state index contributed by atoms with van der Waals surface area (Å²) in [5, 5.41) is 13.9. The first kappa shape index (κ1) is 18.9. The zero-order valence-electron chi connectivity index (χ0n) is 15.8. The van der Waals surface area contributed by atoms with Crippen molar-refractivity contribution in [2.24, 2.45) is 0 Å². The van der Waals surface area contributed by atoms with Gasteiger partial charge >= 0.3 is 0 Å². The summed E-state index contributed by atoms with van der Waals surface area (Å²) in [5.74, 6) is 0.896. The molecule has 0 unspecified atom stereocenters. The third-order valence-corrected chi connectivity index (χ3v) is 5.09. The Morgan fingerprint density at radius 1 is 1.23 bits per heavy atom. The zero-order valence-corrected chi connectivity index (χ0v) is 15.8. The quantitative estimate of drug-likeness (QED) is 0.782. The molecule has 6 nitrogen and oxygen atoms in total. The van der Waals surface area contributed by atoms with E-state index < -0.39 is 0 Å². The second-order valence-electron chi connectivity index (χ2n) is 6.93. The van der Waals surface area contributed by atoms with E-state index in [0.717, 1.165) is 51.4 Å². The molecule has 0 saturated carbocycles. The molecular formula is C20H30N4O2. The lowest BCUT2D eigenvalue weighted by atomic mass is 10.1. The third-order valence-electron chi connectivity index (χ3n) is 5.09. The van der Waals surface area contributed by atoms with Gasteiger partial charge in [-0.1, -0.05) is 12.1 Å². The highest BCUT2D eigenvalue weighted by Crippen LogP contribution is 2.20. The number of aryl methyl sites for hydroxylation is 1. The fraction of sp³-hybridized carbons (Fsp3) is 0.550. The Labute approximate surface area is 156 Å². The van der Waals surface area contributed by atoms with Crippen molar-refractivity contribution in [3.8, 4) is 5.75 Å². The summed E-state index contributed by atoms with van der Waals surface area (Å²) in [4.78, 5) is 4.95. The van der Waals surface area contributed by atoms with Crippen LogP contribution in [0.3, 0.4) is 0 Å². The highest BCUT2D eigenvalue weighted by Gasteiger charge is 2.26. The lowest BCUT2D eigenvalue weighted by Crippen LogP contribution is -2.52. The van der Waals surface area contributed by atoms with Crippen molar-refractivity contribution in [1.82, 2.24) is 19.6 Å². The number of aliphatic hydroxyl groups excluding tert-OH is 1. The fourth-order valence-electron chi connectivity index (χ4n) is 3.66. The smallest absolute Gasteiger partial charge is 0.119 e. The van der Waals surface area contributed by atoms with Crippen LogP contribution in [0.25, 0.3) is 0 Å². The summed E-state index contributed by atoms with van der Waals surface area (Å²) in [6.07, 6.45) is 4.89. The second kappa shape index (κ2) is 9.16. The van der Waals surface area contributed by atoms with Gasteiger partial charge in [-0.25, -0.2) is 0 Å². The molecule has 1 saturated heterocycles. The maximum Gasteiger partial charge on any atom is 0.119 e. The van der Waals surface area contributed by atoms with Crippen LogP contribution in [-0.4, -0.2) is 64.1 Å². The SMILES string of the molecule is CCn1cc(CN2CCN(Cc3cccc(OC)c3)[C@H](CCO)C2)cn1. The van der Waals surface area contributed by atoms with E-state index >= 15 is 0 Å². The third kappa shape index (κ3) is 4.84. The monoisotopic (exact) mass is 358 g/mol. The molecular weight excluding hydrogens is 328 g/mol. The highest BCUT2D eigenvalue weighted by atomic mass is 16.5. The Kier molecular flexibility index (Phi) is 6.66. The van der Waals surface area contributed by atoms with Gasteiger partial charge in [-0.3, -0.25) is 14.5 Å². The van der Waals surface area contributed by atoms with Crippen LogP contribution in [0.2, 0.25) is 0 Å². The first-order valence-corrected chi connectivity index (χ1v) is 9.43. The molecule has 0 radical (unpaired) electrons. The van der Waals surface area contributed by atoms with E-state index in [1.807, 2.05) is 23.0 Å². The standard InChI is InChI=1S/C20H30N4O2/c1-3-24-15-18(12-21-24)13-22-8-9-23(19(16-22)7-10-25)14-17-5-4-6-20(11-17)26-2/h4-6,11-12,15,19,25H,3,7-10,13-14,16H2,1-2H3/t19-/m1/s1. The number of benzene rings is 1. The molecule has 1 N–H and O–H groups in total. The Hall–Kier alpha value is -1.89. The molecule has 0 amide bonds. The Balaban J connectivity index is 1.61. The number of ether oxygens (including phenoxy) is 1. The molecule has 3 rings (SSSR count). The Morgan fingerprint density at radius 2 is 2.12 bits per heavy atom. The van der Waals surface area contributed by atoms with Gasteiger partial charge in [0.1, 0.15) is 5.75 Å². The Bertz CT molecular complexity index is 688. The predicted molar refractivity (Wildman–Crippen MR) is 102 cm³/mol. The molecule has 0 bridgehead atoms. The van der Waals surface area contributed by atoms with E-state index in [4.69, 9.17) is 4.74 Å². The van der Waals surface area contributed by atoms with Crippen molar-refractivity contribution in [2.75, 3.05) is 33.4 Å². The van der Waals surface area contributed by atoms with Gasteiger partial charge in [-0.15, -0.1) is 0 Å². The van der Waals surface area contributed by atoms with E-state index in [1.54, 1.807) is 7.11 Å². The topological polar surface area (TPSA) is 53.8 Å². The molecule has 1 fully saturated rings. The van der Waals surface area contributed by atoms with Gasteiger partial charge in [0.05, 0.1) is 13.3 Å². The van der Waals surface area contributed by atoms with E-state index in [-0.39, 0.29) is 6.61 Å². The number of hydrogen-bond acceptors (Lipinski definition) is 5. The van der Waals surface area contributed by atoms with Gasteiger partial charge in [0, 0.05) is 63.7 Å². The van der Waals surface area contributed by atoms with E-state index in [1.165, 1.54) is 11.1 Å². The molecule has 1 aliphatic rings. The summed E-state index contributed by atoms with van der Waals surface area (Å²) in [6.45, 7) is 8.06. The molecule has 6 heteroatoms. The van der Waals surface area contributed by atoms with Gasteiger partial charge in [0.2, 0.25) is 0 Å². The van der Waals surface area contributed by atoms with Crippen LogP contribution in [0, 0.1) is 0 Å². The number of piperazine rings is 1. The van der Waals surface area contributed by atoms with Gasteiger partial charge in [-0.05, 0) is 31.0 Å². The summed E-state index contributed by atoms with van der Waals surface area (Å²) >= 11 is 0. The van der Waals surface area contributed by atoms with Crippen LogP contribution in [0.5, 0.6) is 5.75 Å². The van der Waals surface area contributed by atoms with Crippen molar-refractivity contribution in [1.29, 1.82) is 0 Å². The lowest BCUT2D eigenvalue weighted by molar-refractivity contribution is 0.0499. The van der Waals surface area contributed by atoms with E-state index in [9.17, 15) is 5.11 Å². The van der Waals surface area contributed by atoms with Crippen LogP contribution in [-0.2, 0) is 19.6 Å². The normalized spacial score (nSPS) is 19.0. The number of aromatic nitrogens is 2. The minimum atomic E-state index is 0.223. The Morgan fingerprint density at radius 3 is 2.85 bits per heavy atom. The summed E-state index contributed by atoms with van der Waals surface area (Å²) in [5.41, 5.74) is 2.51. The molecule has 0 aliphatic carbocycles. The molecule has 2 heterocycles. The van der Waals surface area contributed by atoms with Gasteiger partial charge in [0.15, 0.2) is 0 Å². The molecule has 1 atom stereocenters. The minimum absolute atomic E-state index is 0.223. The van der Waals surface area contributed by atoms with Crippen LogP contribution >= 0.6 is 0 Å². The van der Waals surface area contributed by atoms with E-state index in [0.29, 0.717) is 6.04 Å². The molecule has 0 spiro atoms. The highest BCUT2D eigenvalue weighted by molar-refractivity contribution is 5.28. The second-order valence-corrected chi connectivity index (χ2v) is 6.93. The van der Waals surface area contributed by atoms with Crippen molar-refractivity contribution in [3.05, 3.63) is 47.8 Å². The lowest BCUT2D eigenvalue weighted by Gasteiger charge is -2.41. The van der Waals surface area contributed by atoms with Gasteiger partial charge < -0.3 is 9.84 Å². The molecule has 2 aromatic rings. The average molecular weight is 358 g/mol. The van der Waals surface area contributed by atoms with E-state index in [2.05, 4.69) is 40.2 Å². The summed E-state index contributed by atoms with van der Waals surface area (Å²) in [7, 11) is 1.70. The van der Waals surface area contributed by atoms with Crippen LogP contribution in [0.4, 0.5) is 0 Å². The largest absolute Gasteiger partial charge is 0.497 e. The molecule has 142 valence electrons. The van der Waals surface area contributed by atoms with Crippen molar-refractivity contribution < 1.29 is 9.84 Å². The number of methoxy groups -OCH3 is 1. The predicted octanol–water partition coefficient (Wildman–Crippen LogP) is 1.98. The minimum Gasteiger partial charge on any atom is -0.497 e. The zero-order chi connectivity index (χ0) is 18.4. The van der Waals surface area contributed by atoms with Crippen LogP contribution in [0.15, 0.2) is 36.7 Å². The molecule has 1 aromatic carbocycles. The van der Waals surface area contributed by atoms with Gasteiger partial charge in [-0.2, -0.15) is 5.10 Å². The molecule has 26 heavy (non-hydrogen) atoms. The van der Waals surface area contributed by atoms with Crippen molar-refractivity contribution in [2.45, 2.75) is 39.0 Å².